The molecule has 7 aromatic rings. The van der Waals surface area contributed by atoms with Gasteiger partial charge in [-0.3, -0.25) is 0 Å². The Balaban J connectivity index is 0.000000484. The van der Waals surface area contributed by atoms with Crippen LogP contribution in [0.2, 0.25) is 0 Å². The smallest absolute Gasteiger partial charge is 0.550 e. The van der Waals surface area contributed by atoms with E-state index in [1.807, 2.05) is 24.3 Å². The minimum atomic E-state index is -1.08. The van der Waals surface area contributed by atoms with E-state index < -0.39 is 17.9 Å². The summed E-state index contributed by atoms with van der Waals surface area (Å²) in [4.78, 5) is 45.0. The second-order valence-electron chi connectivity index (χ2n) is 13.4. The summed E-state index contributed by atoms with van der Waals surface area (Å²) in [6.07, 6.45) is 8.54. The molecule has 9 rings (SSSR count). The summed E-state index contributed by atoms with van der Waals surface area (Å²) in [5.74, 6) is -3.25. The fourth-order valence-electron chi connectivity index (χ4n) is 6.84. The number of aromatic amines is 2. The number of carbonyl (C=O) groups is 3. The molecule has 0 saturated heterocycles. The van der Waals surface area contributed by atoms with Gasteiger partial charge >= 0.3 is 17.1 Å². The zero-order chi connectivity index (χ0) is 42.6. The number of H-pyrrole nitrogens is 2. The molecule has 3 aromatic heterocycles. The van der Waals surface area contributed by atoms with Crippen molar-refractivity contribution in [3.05, 3.63) is 168 Å². The molecule has 302 valence electrons. The monoisotopic (exact) mass is 846 g/mol. The number of hydrogen-bond acceptors (Lipinski definition) is 8. The van der Waals surface area contributed by atoms with Gasteiger partial charge in [-0.05, 0) is 91.6 Å². The first kappa shape index (κ1) is 44.5. The molecule has 0 amide bonds. The normalized spacial score (nSPS) is 10.7. The number of rotatable bonds is 4. The average molecular weight is 847 g/mol. The van der Waals surface area contributed by atoms with Gasteiger partial charge in [-0.1, -0.05) is 121 Å². The van der Waals surface area contributed by atoms with Crippen LogP contribution >= 0.6 is 0 Å². The summed E-state index contributed by atoms with van der Waals surface area (Å²) < 4.78 is 0. The largest absolute Gasteiger partial charge is 3.00 e. The maximum Gasteiger partial charge on any atom is 3.00 e. The molecule has 0 radical (unpaired) electrons. The predicted octanol–water partition coefficient (Wildman–Crippen LogP) is 7.59. The first-order valence-corrected chi connectivity index (χ1v) is 18.9. The predicted molar refractivity (Wildman–Crippen MR) is 233 cm³/mol. The molecule has 8 bridgehead atoms. The molecule has 5 heterocycles. The van der Waals surface area contributed by atoms with Gasteiger partial charge < -0.3 is 39.7 Å². The molecule has 2 N–H and O–H groups in total. The van der Waals surface area contributed by atoms with Crippen molar-refractivity contribution in [2.24, 2.45) is 0 Å². The second kappa shape index (κ2) is 20.9. The van der Waals surface area contributed by atoms with Crippen LogP contribution in [0.5, 0.6) is 0 Å². The van der Waals surface area contributed by atoms with Crippen LogP contribution in [0.4, 0.5) is 0 Å². The van der Waals surface area contributed by atoms with Crippen molar-refractivity contribution in [1.82, 2.24) is 19.9 Å². The number of nitrogens with one attached hydrogen (secondary N) is 2. The van der Waals surface area contributed by atoms with E-state index in [0.717, 1.165) is 110 Å². The number of aromatic nitrogens is 4. The third-order valence-corrected chi connectivity index (χ3v) is 9.00. The number of carbonyl (C=O) groups excluding carboxylic acids is 3. The standard InChI is InChI=1S/C44H30N4.3C2H4O2.Mn/c1-5-13-29(14-6-1)41-33-21-23-35(45-33)42(30-15-7-2-8-16-30)37-25-27-39(47-37)44(32-19-11-4-12-20-32)40-28-26-38(48-40)43(31-17-9-3-10-18-31)36-24-22-34(41)46-36;3*1-2(3)4;/h1-28,45,48H;3*1H3,(H,3,4);/q;;;;+3/p-3. The molecule has 0 spiro atoms. The molecule has 4 aromatic carbocycles. The van der Waals surface area contributed by atoms with E-state index in [1.165, 1.54) is 0 Å². The Hall–Kier alpha value is -7.59. The third-order valence-electron chi connectivity index (χ3n) is 9.00. The zero-order valence-corrected chi connectivity index (χ0v) is 34.6. The fourth-order valence-corrected chi connectivity index (χ4v) is 6.84. The first-order valence-electron chi connectivity index (χ1n) is 18.9. The van der Waals surface area contributed by atoms with Crippen molar-refractivity contribution >= 4 is 64.3 Å². The van der Waals surface area contributed by atoms with Gasteiger partial charge in [0.05, 0.1) is 22.8 Å². The summed E-state index contributed by atoms with van der Waals surface area (Å²) in [6.45, 7) is 2.92. The summed E-state index contributed by atoms with van der Waals surface area (Å²) in [6, 6.07) is 50.7. The van der Waals surface area contributed by atoms with Crippen LogP contribution in [0.1, 0.15) is 43.5 Å². The van der Waals surface area contributed by atoms with Crippen LogP contribution in [0, 0.1) is 0 Å². The van der Waals surface area contributed by atoms with E-state index in [1.54, 1.807) is 0 Å². The number of nitrogens with zero attached hydrogens (tertiary/aromatic N) is 2. The van der Waals surface area contributed by atoms with E-state index in [0.29, 0.717) is 0 Å². The molecule has 0 atom stereocenters. The van der Waals surface area contributed by atoms with Crippen LogP contribution in [0.25, 0.3) is 90.9 Å². The molecular formula is C50H39MnN4O6. The molecular weight excluding hydrogens is 808 g/mol. The molecule has 10 nitrogen and oxygen atoms in total. The molecule has 2 aliphatic heterocycles. The quantitative estimate of drug-likeness (QED) is 0.170. The topological polar surface area (TPSA) is 178 Å². The Labute approximate surface area is 363 Å². The van der Waals surface area contributed by atoms with E-state index >= 15 is 0 Å². The van der Waals surface area contributed by atoms with Gasteiger partial charge in [0, 0.05) is 62.2 Å². The maximum atomic E-state index is 8.89. The minimum Gasteiger partial charge on any atom is -0.550 e. The van der Waals surface area contributed by atoms with Crippen LogP contribution in [0.15, 0.2) is 146 Å². The molecule has 11 heteroatoms. The number of carboxylic acids is 3. The van der Waals surface area contributed by atoms with E-state index in [-0.39, 0.29) is 17.1 Å². The van der Waals surface area contributed by atoms with Crippen molar-refractivity contribution in [1.29, 1.82) is 0 Å². The summed E-state index contributed by atoms with van der Waals surface area (Å²) in [5, 5.41) is 26.7. The second-order valence-corrected chi connectivity index (χ2v) is 13.4. The Bertz CT molecular complexity index is 2480. The minimum absolute atomic E-state index is 0. The Morgan fingerprint density at radius 3 is 0.721 bits per heavy atom. The van der Waals surface area contributed by atoms with Gasteiger partial charge in [0.2, 0.25) is 0 Å². The molecule has 2 aliphatic rings. The number of fused-ring (bicyclic) bond motifs is 8. The molecule has 61 heavy (non-hydrogen) atoms. The van der Waals surface area contributed by atoms with Gasteiger partial charge in [0.15, 0.2) is 0 Å². The maximum absolute atomic E-state index is 8.89. The van der Waals surface area contributed by atoms with Crippen molar-refractivity contribution in [3.8, 4) is 44.5 Å². The van der Waals surface area contributed by atoms with Gasteiger partial charge in [-0.2, -0.15) is 0 Å². The van der Waals surface area contributed by atoms with Crippen molar-refractivity contribution in [3.63, 3.8) is 0 Å². The van der Waals surface area contributed by atoms with Crippen LogP contribution in [-0.2, 0) is 31.5 Å². The number of aliphatic carboxylic acids is 3. The van der Waals surface area contributed by atoms with E-state index in [9.17, 15) is 0 Å². The molecule has 0 unspecified atom stereocenters. The number of hydrogen-bond donors (Lipinski definition) is 2. The first-order chi connectivity index (χ1) is 29.0. The van der Waals surface area contributed by atoms with Gasteiger partial charge in [0.1, 0.15) is 0 Å². The molecule has 0 aliphatic carbocycles. The molecule has 0 saturated carbocycles. The Morgan fingerprint density at radius 2 is 0.541 bits per heavy atom. The molecule has 0 fully saturated rings. The van der Waals surface area contributed by atoms with Crippen molar-refractivity contribution in [2.75, 3.05) is 0 Å². The van der Waals surface area contributed by atoms with E-state index in [4.69, 9.17) is 39.7 Å². The number of benzene rings is 4. The SMILES string of the molecule is C1=Cc2nc1c(-c1ccccc1)c1ccc([nH]1)c(-c1ccccc1)c1nc(c(-c3ccccc3)c3ccc([nH]3)c2-c2ccccc2)C=C1.CC(=O)[O-].CC(=O)[O-].CC(=O)[O-].[Mn+3]. The van der Waals surface area contributed by atoms with Crippen molar-refractivity contribution in [2.45, 2.75) is 20.8 Å². The van der Waals surface area contributed by atoms with Gasteiger partial charge in [-0.25, -0.2) is 9.97 Å². The van der Waals surface area contributed by atoms with Gasteiger partial charge in [-0.15, -0.1) is 0 Å². The van der Waals surface area contributed by atoms with Crippen LogP contribution in [-0.4, -0.2) is 37.8 Å². The van der Waals surface area contributed by atoms with E-state index in [2.05, 4.69) is 156 Å². The van der Waals surface area contributed by atoms with Gasteiger partial charge in [0.25, 0.3) is 0 Å². The summed E-state index contributed by atoms with van der Waals surface area (Å²) >= 11 is 0. The number of carboxylic acid groups (broad SMARTS) is 3. The summed E-state index contributed by atoms with van der Waals surface area (Å²) in [7, 11) is 0. The van der Waals surface area contributed by atoms with Crippen LogP contribution < -0.4 is 15.3 Å². The fraction of sp³-hybridized carbons (Fsp3) is 0.0600. The van der Waals surface area contributed by atoms with Crippen molar-refractivity contribution < 1.29 is 46.8 Å². The Morgan fingerprint density at radius 1 is 0.361 bits per heavy atom. The Kier molecular flexibility index (Phi) is 15.3. The van der Waals surface area contributed by atoms with Crippen LogP contribution in [0.3, 0.4) is 0 Å². The summed E-state index contributed by atoms with van der Waals surface area (Å²) in [5.41, 5.74) is 16.2. The third kappa shape index (κ3) is 11.3. The zero-order valence-electron chi connectivity index (χ0n) is 33.4. The average Bonchev–Trinajstić information content (AvgIpc) is 4.07.